The SMILES string of the molecule is COc1ccc(C(=O)NCC2CCC(Br)CC2)cc1. The Bertz CT molecular complexity index is 411. The second-order valence-corrected chi connectivity index (χ2v) is 6.35. The lowest BCUT2D eigenvalue weighted by Gasteiger charge is -2.25. The van der Waals surface area contributed by atoms with Crippen LogP contribution in [0.1, 0.15) is 36.0 Å². The van der Waals surface area contributed by atoms with Crippen molar-refractivity contribution in [2.45, 2.75) is 30.5 Å². The van der Waals surface area contributed by atoms with Gasteiger partial charge in [-0.15, -0.1) is 0 Å². The zero-order valence-corrected chi connectivity index (χ0v) is 12.8. The van der Waals surface area contributed by atoms with E-state index >= 15 is 0 Å². The number of nitrogens with one attached hydrogen (secondary N) is 1. The van der Waals surface area contributed by atoms with Gasteiger partial charge in [-0.25, -0.2) is 0 Å². The van der Waals surface area contributed by atoms with Crippen LogP contribution < -0.4 is 10.1 Å². The number of carbonyl (C=O) groups is 1. The number of hydrogen-bond acceptors (Lipinski definition) is 2. The van der Waals surface area contributed by atoms with Gasteiger partial charge in [0.1, 0.15) is 5.75 Å². The van der Waals surface area contributed by atoms with Crippen molar-refractivity contribution in [3.05, 3.63) is 29.8 Å². The maximum atomic E-state index is 12.0. The molecule has 0 radical (unpaired) electrons. The predicted molar refractivity (Wildman–Crippen MR) is 80.0 cm³/mol. The molecule has 0 heterocycles. The highest BCUT2D eigenvalue weighted by Crippen LogP contribution is 2.28. The Hall–Kier alpha value is -1.03. The van der Waals surface area contributed by atoms with Crippen molar-refractivity contribution in [2.75, 3.05) is 13.7 Å². The third-order valence-corrected chi connectivity index (χ3v) is 4.60. The summed E-state index contributed by atoms with van der Waals surface area (Å²) >= 11 is 3.65. The molecular formula is C15H20BrNO2. The summed E-state index contributed by atoms with van der Waals surface area (Å²) in [7, 11) is 1.62. The van der Waals surface area contributed by atoms with E-state index in [1.807, 2.05) is 12.1 Å². The Morgan fingerprint density at radius 1 is 1.26 bits per heavy atom. The number of alkyl halides is 1. The monoisotopic (exact) mass is 325 g/mol. The molecule has 0 spiro atoms. The highest BCUT2D eigenvalue weighted by Gasteiger charge is 2.19. The lowest BCUT2D eigenvalue weighted by Crippen LogP contribution is -2.31. The molecule has 1 aliphatic rings. The number of carbonyl (C=O) groups excluding carboxylic acids is 1. The molecule has 4 heteroatoms. The summed E-state index contributed by atoms with van der Waals surface area (Å²) in [4.78, 5) is 12.7. The molecular weight excluding hydrogens is 306 g/mol. The third kappa shape index (κ3) is 4.23. The zero-order chi connectivity index (χ0) is 13.7. The molecule has 0 saturated heterocycles. The minimum Gasteiger partial charge on any atom is -0.497 e. The van der Waals surface area contributed by atoms with Crippen LogP contribution >= 0.6 is 15.9 Å². The third-order valence-electron chi connectivity index (χ3n) is 3.68. The maximum Gasteiger partial charge on any atom is 0.251 e. The van der Waals surface area contributed by atoms with E-state index in [1.165, 1.54) is 25.7 Å². The van der Waals surface area contributed by atoms with E-state index in [2.05, 4.69) is 21.2 Å². The Morgan fingerprint density at radius 3 is 2.47 bits per heavy atom. The molecule has 104 valence electrons. The number of hydrogen-bond donors (Lipinski definition) is 1. The number of amides is 1. The van der Waals surface area contributed by atoms with Gasteiger partial charge < -0.3 is 10.1 Å². The number of rotatable bonds is 4. The fraction of sp³-hybridized carbons (Fsp3) is 0.533. The lowest BCUT2D eigenvalue weighted by atomic mass is 9.89. The normalized spacial score (nSPS) is 22.8. The lowest BCUT2D eigenvalue weighted by molar-refractivity contribution is 0.0944. The van der Waals surface area contributed by atoms with Crippen molar-refractivity contribution >= 4 is 21.8 Å². The summed E-state index contributed by atoms with van der Waals surface area (Å²) in [5.41, 5.74) is 0.690. The first-order chi connectivity index (χ1) is 9.19. The fourth-order valence-electron chi connectivity index (χ4n) is 2.41. The molecule has 1 aromatic carbocycles. The Morgan fingerprint density at radius 2 is 1.89 bits per heavy atom. The van der Waals surface area contributed by atoms with Gasteiger partial charge in [-0.3, -0.25) is 4.79 Å². The van der Waals surface area contributed by atoms with Gasteiger partial charge in [0.2, 0.25) is 0 Å². The van der Waals surface area contributed by atoms with Crippen molar-refractivity contribution in [3.63, 3.8) is 0 Å². The van der Waals surface area contributed by atoms with Crippen LogP contribution in [-0.2, 0) is 0 Å². The molecule has 1 N–H and O–H groups in total. The summed E-state index contributed by atoms with van der Waals surface area (Å²) < 4.78 is 5.08. The van der Waals surface area contributed by atoms with Gasteiger partial charge in [0.05, 0.1) is 7.11 Å². The standard InChI is InChI=1S/C15H20BrNO2/c1-19-14-8-4-12(5-9-14)15(18)17-10-11-2-6-13(16)7-3-11/h4-5,8-9,11,13H,2-3,6-7,10H2,1H3,(H,17,18). The second kappa shape index (κ2) is 6.94. The highest BCUT2D eigenvalue weighted by molar-refractivity contribution is 9.09. The molecule has 3 nitrogen and oxygen atoms in total. The van der Waals surface area contributed by atoms with Crippen LogP contribution in [0.4, 0.5) is 0 Å². The van der Waals surface area contributed by atoms with E-state index in [1.54, 1.807) is 19.2 Å². The number of ether oxygens (including phenoxy) is 1. The van der Waals surface area contributed by atoms with Crippen LogP contribution in [0.2, 0.25) is 0 Å². The Labute approximate surface area is 122 Å². The number of benzene rings is 1. The molecule has 1 aliphatic carbocycles. The molecule has 0 atom stereocenters. The van der Waals surface area contributed by atoms with E-state index in [4.69, 9.17) is 4.74 Å². The van der Waals surface area contributed by atoms with Gasteiger partial charge in [-0.1, -0.05) is 15.9 Å². The van der Waals surface area contributed by atoms with Crippen LogP contribution in [0.5, 0.6) is 5.75 Å². The molecule has 2 rings (SSSR count). The molecule has 0 aromatic heterocycles. The molecule has 0 bridgehead atoms. The first-order valence-corrected chi connectivity index (χ1v) is 7.67. The average molecular weight is 326 g/mol. The van der Waals surface area contributed by atoms with E-state index < -0.39 is 0 Å². The van der Waals surface area contributed by atoms with Crippen molar-refractivity contribution in [1.29, 1.82) is 0 Å². The summed E-state index contributed by atoms with van der Waals surface area (Å²) in [6.07, 6.45) is 4.81. The van der Waals surface area contributed by atoms with Gasteiger partial charge in [0, 0.05) is 16.9 Å². The summed E-state index contributed by atoms with van der Waals surface area (Å²) in [5.74, 6) is 1.40. The van der Waals surface area contributed by atoms with E-state index in [0.717, 1.165) is 12.3 Å². The van der Waals surface area contributed by atoms with Gasteiger partial charge in [-0.2, -0.15) is 0 Å². The molecule has 0 unspecified atom stereocenters. The van der Waals surface area contributed by atoms with Gasteiger partial charge in [-0.05, 0) is 55.9 Å². The summed E-state index contributed by atoms with van der Waals surface area (Å²) in [6, 6.07) is 7.21. The Balaban J connectivity index is 1.80. The number of halogens is 1. The molecule has 1 amide bonds. The Kier molecular flexibility index (Phi) is 5.25. The predicted octanol–water partition coefficient (Wildman–Crippen LogP) is 3.38. The largest absolute Gasteiger partial charge is 0.497 e. The van der Waals surface area contributed by atoms with Crippen molar-refractivity contribution in [1.82, 2.24) is 5.32 Å². The van der Waals surface area contributed by atoms with Gasteiger partial charge >= 0.3 is 0 Å². The van der Waals surface area contributed by atoms with E-state index in [-0.39, 0.29) is 5.91 Å². The maximum absolute atomic E-state index is 12.0. The average Bonchev–Trinajstić information content (AvgIpc) is 2.46. The van der Waals surface area contributed by atoms with Crippen LogP contribution in [0.3, 0.4) is 0 Å². The molecule has 0 aliphatic heterocycles. The molecule has 19 heavy (non-hydrogen) atoms. The van der Waals surface area contributed by atoms with E-state index in [0.29, 0.717) is 16.3 Å². The van der Waals surface area contributed by atoms with E-state index in [9.17, 15) is 4.79 Å². The second-order valence-electron chi connectivity index (χ2n) is 5.06. The highest BCUT2D eigenvalue weighted by atomic mass is 79.9. The van der Waals surface area contributed by atoms with Crippen molar-refractivity contribution in [2.24, 2.45) is 5.92 Å². The van der Waals surface area contributed by atoms with Crippen LogP contribution in [-0.4, -0.2) is 24.4 Å². The van der Waals surface area contributed by atoms with Crippen LogP contribution in [0.25, 0.3) is 0 Å². The topological polar surface area (TPSA) is 38.3 Å². The summed E-state index contributed by atoms with van der Waals surface area (Å²) in [6.45, 7) is 0.782. The molecule has 1 fully saturated rings. The van der Waals surface area contributed by atoms with Crippen molar-refractivity contribution < 1.29 is 9.53 Å². The number of methoxy groups -OCH3 is 1. The smallest absolute Gasteiger partial charge is 0.251 e. The fourth-order valence-corrected chi connectivity index (χ4v) is 2.94. The van der Waals surface area contributed by atoms with Crippen LogP contribution in [0, 0.1) is 5.92 Å². The molecule has 1 saturated carbocycles. The molecule has 1 aromatic rings. The van der Waals surface area contributed by atoms with Gasteiger partial charge in [0.25, 0.3) is 5.91 Å². The van der Waals surface area contributed by atoms with Crippen LogP contribution in [0.15, 0.2) is 24.3 Å². The van der Waals surface area contributed by atoms with Gasteiger partial charge in [0.15, 0.2) is 0 Å². The van der Waals surface area contributed by atoms with Crippen molar-refractivity contribution in [3.8, 4) is 5.75 Å². The minimum absolute atomic E-state index is 0.00335. The zero-order valence-electron chi connectivity index (χ0n) is 11.2. The first kappa shape index (κ1) is 14.4. The quantitative estimate of drug-likeness (QED) is 0.862. The minimum atomic E-state index is 0.00335. The first-order valence-electron chi connectivity index (χ1n) is 6.75. The summed E-state index contributed by atoms with van der Waals surface area (Å²) in [5, 5.41) is 3.03.